The molecule has 5 amide bonds. The van der Waals surface area contributed by atoms with Crippen LogP contribution in [0.5, 0.6) is 0 Å². The Morgan fingerprint density at radius 1 is 0.854 bits per heavy atom. The highest BCUT2D eigenvalue weighted by Crippen LogP contribution is 2.30. The quantitative estimate of drug-likeness (QED) is 0.300. The molecular weight excluding hydrogens is 626 g/mol. The maximum absolute atomic E-state index is 15.2. The zero-order chi connectivity index (χ0) is 33.7. The number of imide groups is 2. The van der Waals surface area contributed by atoms with Crippen molar-refractivity contribution < 1.29 is 32.8 Å². The third-order valence-electron chi connectivity index (χ3n) is 9.07. The summed E-state index contributed by atoms with van der Waals surface area (Å²) in [6, 6.07) is 12.5. The van der Waals surface area contributed by atoms with Gasteiger partial charge in [-0.2, -0.15) is 5.10 Å². The van der Waals surface area contributed by atoms with Crippen molar-refractivity contribution in [1.82, 2.24) is 30.2 Å². The van der Waals surface area contributed by atoms with E-state index >= 15 is 4.39 Å². The molecule has 7 rings (SSSR count). The fraction of sp³-hybridized carbons (Fsp3) is 0.265. The predicted octanol–water partition coefficient (Wildman–Crippen LogP) is 2.15. The number of nitrogens with one attached hydrogen (secondary N) is 2. The van der Waals surface area contributed by atoms with E-state index < -0.39 is 47.2 Å². The number of fused-ring (bicyclic) bond motifs is 2. The van der Waals surface area contributed by atoms with E-state index in [2.05, 4.69) is 15.5 Å². The van der Waals surface area contributed by atoms with Crippen molar-refractivity contribution in [1.29, 1.82) is 0 Å². The van der Waals surface area contributed by atoms with Crippen molar-refractivity contribution in [2.45, 2.75) is 31.8 Å². The first-order valence-corrected chi connectivity index (χ1v) is 15.4. The van der Waals surface area contributed by atoms with Gasteiger partial charge in [0.1, 0.15) is 17.7 Å². The van der Waals surface area contributed by atoms with Crippen molar-refractivity contribution in [3.63, 3.8) is 0 Å². The number of piperazine rings is 1. The molecule has 2 fully saturated rings. The molecule has 0 bridgehead atoms. The fourth-order valence-electron chi connectivity index (χ4n) is 6.52. The van der Waals surface area contributed by atoms with E-state index in [1.54, 1.807) is 30.3 Å². The predicted molar refractivity (Wildman–Crippen MR) is 166 cm³/mol. The smallest absolute Gasteiger partial charge is 0.272 e. The molecule has 0 radical (unpaired) electrons. The molecule has 2 saturated heterocycles. The number of carbonyl (C=O) groups excluding carboxylic acids is 5. The Labute approximate surface area is 271 Å². The van der Waals surface area contributed by atoms with Gasteiger partial charge < -0.3 is 4.90 Å². The molecule has 0 aliphatic carbocycles. The maximum atomic E-state index is 15.2. The van der Waals surface area contributed by atoms with Gasteiger partial charge in [0.15, 0.2) is 0 Å². The minimum Gasteiger partial charge on any atom is -0.336 e. The summed E-state index contributed by atoms with van der Waals surface area (Å²) in [5.74, 6) is -4.61. The second-order valence-electron chi connectivity index (χ2n) is 12.0. The van der Waals surface area contributed by atoms with Gasteiger partial charge in [-0.3, -0.25) is 43.9 Å². The van der Waals surface area contributed by atoms with E-state index in [0.29, 0.717) is 35.1 Å². The highest BCUT2D eigenvalue weighted by atomic mass is 19.1. The van der Waals surface area contributed by atoms with Gasteiger partial charge in [-0.25, -0.2) is 13.9 Å². The second kappa shape index (κ2) is 12.2. The highest BCUT2D eigenvalue weighted by molar-refractivity contribution is 6.23. The zero-order valence-corrected chi connectivity index (χ0v) is 25.4. The molecule has 244 valence electrons. The number of halogens is 2. The average molecular weight is 655 g/mol. The monoisotopic (exact) mass is 654 g/mol. The number of amides is 5. The first-order valence-electron chi connectivity index (χ1n) is 15.4. The van der Waals surface area contributed by atoms with Gasteiger partial charge >= 0.3 is 0 Å². The van der Waals surface area contributed by atoms with Crippen LogP contribution >= 0.6 is 0 Å². The lowest BCUT2D eigenvalue weighted by atomic mass is 10.0. The standard InChI is InChI=1S/C34H28F2N6O6/c35-25-6-5-18(14-27-20-3-1-2-4-21(20)30(44)39-38-27)13-24(25)32(46)41-11-9-40(10-12-41)17-19-15-22-23(16-26(19)36)34(48)42(33(22)47)28-7-8-29(43)37-31(28)45/h1-6,13,15-16,28H,7-12,14,17H2,(H,39,44)(H,37,43,45). The van der Waals surface area contributed by atoms with Gasteiger partial charge in [0.25, 0.3) is 23.3 Å². The van der Waals surface area contributed by atoms with Gasteiger partial charge in [-0.05, 0) is 42.3 Å². The Hall–Kier alpha value is -5.63. The number of rotatable bonds is 6. The minimum atomic E-state index is -1.15. The summed E-state index contributed by atoms with van der Waals surface area (Å²) in [5.41, 5.74) is 0.814. The number of benzene rings is 3. The molecule has 48 heavy (non-hydrogen) atoms. The molecule has 1 aromatic heterocycles. The molecule has 12 nitrogen and oxygen atoms in total. The lowest BCUT2D eigenvalue weighted by Gasteiger charge is -2.35. The molecule has 1 unspecified atom stereocenters. The number of H-pyrrole nitrogens is 1. The van der Waals surface area contributed by atoms with Crippen LogP contribution in [0.15, 0.2) is 59.4 Å². The Bertz CT molecular complexity index is 2110. The number of aromatic nitrogens is 2. The average Bonchev–Trinajstić information content (AvgIpc) is 3.31. The van der Waals surface area contributed by atoms with Crippen LogP contribution in [0.4, 0.5) is 8.78 Å². The minimum absolute atomic E-state index is 0.00781. The number of aromatic amines is 1. The Balaban J connectivity index is 1.02. The van der Waals surface area contributed by atoms with Crippen molar-refractivity contribution in [3.8, 4) is 0 Å². The van der Waals surface area contributed by atoms with Crippen molar-refractivity contribution in [2.24, 2.45) is 0 Å². The lowest BCUT2D eigenvalue weighted by molar-refractivity contribution is -0.136. The van der Waals surface area contributed by atoms with E-state index in [-0.39, 0.29) is 66.7 Å². The first-order chi connectivity index (χ1) is 23.1. The third-order valence-corrected chi connectivity index (χ3v) is 9.07. The molecule has 1 atom stereocenters. The van der Waals surface area contributed by atoms with Crippen LogP contribution in [-0.4, -0.2) is 86.7 Å². The molecule has 4 aromatic rings. The molecule has 2 N–H and O–H groups in total. The van der Waals surface area contributed by atoms with Crippen LogP contribution in [-0.2, 0) is 22.6 Å². The second-order valence-corrected chi connectivity index (χ2v) is 12.0. The summed E-state index contributed by atoms with van der Waals surface area (Å²) in [6.45, 7) is 1.24. The van der Waals surface area contributed by atoms with Crippen molar-refractivity contribution in [2.75, 3.05) is 26.2 Å². The summed E-state index contributed by atoms with van der Waals surface area (Å²) < 4.78 is 30.1. The molecule has 3 aromatic carbocycles. The largest absolute Gasteiger partial charge is 0.336 e. The first kappa shape index (κ1) is 31.0. The molecular formula is C34H28F2N6O6. The van der Waals surface area contributed by atoms with Crippen molar-refractivity contribution in [3.05, 3.63) is 110 Å². The number of hydrogen-bond acceptors (Lipinski definition) is 8. The van der Waals surface area contributed by atoms with Crippen LogP contribution in [0.3, 0.4) is 0 Å². The summed E-state index contributed by atoms with van der Waals surface area (Å²) in [5, 5.41) is 9.93. The number of piperidine rings is 1. The normalized spacial score (nSPS) is 18.4. The summed E-state index contributed by atoms with van der Waals surface area (Å²) >= 11 is 0. The number of carbonyl (C=O) groups is 5. The Morgan fingerprint density at radius 3 is 2.29 bits per heavy atom. The van der Waals surface area contributed by atoms with Crippen LogP contribution in [0.1, 0.15) is 60.7 Å². The van der Waals surface area contributed by atoms with Crippen LogP contribution < -0.4 is 10.9 Å². The summed E-state index contributed by atoms with van der Waals surface area (Å²) in [7, 11) is 0. The Morgan fingerprint density at radius 2 is 1.56 bits per heavy atom. The Kier molecular flexibility index (Phi) is 7.87. The summed E-state index contributed by atoms with van der Waals surface area (Å²) in [4.78, 5) is 79.8. The SMILES string of the molecule is O=C1CCC(N2C(=O)c3cc(F)c(CN4CCN(C(=O)c5cc(Cc6n[nH]c(=O)c7ccccc67)ccc5F)CC4)cc3C2=O)C(=O)N1. The van der Waals surface area contributed by atoms with Gasteiger partial charge in [0.05, 0.1) is 27.8 Å². The van der Waals surface area contributed by atoms with Gasteiger partial charge in [0, 0.05) is 56.5 Å². The maximum Gasteiger partial charge on any atom is 0.272 e. The van der Waals surface area contributed by atoms with E-state index in [9.17, 15) is 33.2 Å². The fourth-order valence-corrected chi connectivity index (χ4v) is 6.52. The van der Waals surface area contributed by atoms with E-state index in [1.165, 1.54) is 23.1 Å². The van der Waals surface area contributed by atoms with Crippen LogP contribution in [0.2, 0.25) is 0 Å². The van der Waals surface area contributed by atoms with Crippen LogP contribution in [0.25, 0.3) is 10.8 Å². The van der Waals surface area contributed by atoms with E-state index in [0.717, 1.165) is 11.0 Å². The van der Waals surface area contributed by atoms with Gasteiger partial charge in [0.2, 0.25) is 11.8 Å². The molecule has 14 heteroatoms. The lowest BCUT2D eigenvalue weighted by Crippen LogP contribution is -2.54. The van der Waals surface area contributed by atoms with Crippen LogP contribution in [0, 0.1) is 11.6 Å². The third kappa shape index (κ3) is 5.53. The molecule has 3 aliphatic rings. The topological polar surface area (TPSA) is 153 Å². The zero-order valence-electron chi connectivity index (χ0n) is 25.4. The van der Waals surface area contributed by atoms with Crippen molar-refractivity contribution >= 4 is 40.3 Å². The van der Waals surface area contributed by atoms with E-state index in [1.807, 2.05) is 4.90 Å². The molecule has 3 aliphatic heterocycles. The highest BCUT2D eigenvalue weighted by Gasteiger charge is 2.45. The van der Waals surface area contributed by atoms with E-state index in [4.69, 9.17) is 0 Å². The molecule has 4 heterocycles. The number of hydrogen-bond donors (Lipinski definition) is 2. The molecule has 0 saturated carbocycles. The van der Waals surface area contributed by atoms with Gasteiger partial charge in [-0.1, -0.05) is 24.3 Å². The summed E-state index contributed by atoms with van der Waals surface area (Å²) in [6.07, 6.45) is 0.227. The number of nitrogens with zero attached hydrogens (tertiary/aromatic N) is 4. The van der Waals surface area contributed by atoms with Gasteiger partial charge in [-0.15, -0.1) is 0 Å². The molecule has 0 spiro atoms.